The molecule has 2 aromatic heterocycles. The van der Waals surface area contributed by atoms with Gasteiger partial charge in [-0.25, -0.2) is 14.3 Å². The van der Waals surface area contributed by atoms with Crippen molar-refractivity contribution in [3.8, 4) is 0 Å². The van der Waals surface area contributed by atoms with E-state index < -0.39 is 5.97 Å². The Morgan fingerprint density at radius 1 is 1.53 bits per heavy atom. The summed E-state index contributed by atoms with van der Waals surface area (Å²) >= 11 is 0. The van der Waals surface area contributed by atoms with Gasteiger partial charge in [0, 0.05) is 11.6 Å². The number of hydrogen-bond donors (Lipinski definition) is 0. The van der Waals surface area contributed by atoms with Gasteiger partial charge in [-0.2, -0.15) is 0 Å². The Bertz CT molecular complexity index is 572. The molecular formula is C12H13N3O2. The zero-order valence-electron chi connectivity index (χ0n) is 9.59. The van der Waals surface area contributed by atoms with E-state index in [2.05, 4.69) is 10.1 Å². The summed E-state index contributed by atoms with van der Waals surface area (Å²) in [6, 6.07) is 5.84. The number of rotatable bonds is 3. The van der Waals surface area contributed by atoms with Gasteiger partial charge < -0.3 is 4.74 Å². The second kappa shape index (κ2) is 3.84. The molecule has 0 radical (unpaired) electrons. The van der Waals surface area contributed by atoms with Crippen molar-refractivity contribution in [3.63, 3.8) is 0 Å². The summed E-state index contributed by atoms with van der Waals surface area (Å²) < 4.78 is 6.65. The number of aromatic nitrogens is 3. The molecule has 5 heteroatoms. The number of fused-ring (bicyclic) bond motifs is 1. The molecule has 0 N–H and O–H groups in total. The molecule has 2 heterocycles. The predicted molar refractivity (Wildman–Crippen MR) is 60.9 cm³/mol. The molecule has 0 amide bonds. The number of esters is 1. The topological polar surface area (TPSA) is 56.5 Å². The van der Waals surface area contributed by atoms with E-state index in [0.717, 1.165) is 5.69 Å². The normalized spacial score (nSPS) is 15.1. The van der Waals surface area contributed by atoms with Gasteiger partial charge in [-0.1, -0.05) is 6.07 Å². The Kier molecular flexibility index (Phi) is 2.31. The van der Waals surface area contributed by atoms with E-state index in [4.69, 9.17) is 4.74 Å². The maximum atomic E-state index is 11.6. The van der Waals surface area contributed by atoms with Crippen molar-refractivity contribution in [2.24, 2.45) is 0 Å². The molecular weight excluding hydrogens is 218 g/mol. The van der Waals surface area contributed by atoms with Crippen LogP contribution in [0.15, 0.2) is 18.2 Å². The van der Waals surface area contributed by atoms with Crippen molar-refractivity contribution in [3.05, 3.63) is 29.7 Å². The lowest BCUT2D eigenvalue weighted by Gasteiger charge is -1.99. The Morgan fingerprint density at radius 3 is 3.06 bits per heavy atom. The number of hydrogen-bond acceptors (Lipinski definition) is 4. The fourth-order valence-corrected chi connectivity index (χ4v) is 1.90. The zero-order valence-corrected chi connectivity index (χ0v) is 9.59. The molecule has 0 aromatic carbocycles. The van der Waals surface area contributed by atoms with Crippen molar-refractivity contribution in [2.45, 2.75) is 25.7 Å². The highest BCUT2D eigenvalue weighted by Crippen LogP contribution is 2.39. The summed E-state index contributed by atoms with van der Waals surface area (Å²) in [4.78, 5) is 15.7. The zero-order chi connectivity index (χ0) is 11.8. The standard InChI is InChI=1S/C12H13N3O2/c1-2-17-12(16)11-13-10-5-3-4-9(8-6-7-8)15(10)14-11/h3-5,8H,2,6-7H2,1H3. The van der Waals surface area contributed by atoms with Crippen molar-refractivity contribution in [1.82, 2.24) is 14.6 Å². The van der Waals surface area contributed by atoms with E-state index >= 15 is 0 Å². The SMILES string of the molecule is CCOC(=O)c1nc2cccc(C3CC3)n2n1. The number of ether oxygens (including phenoxy) is 1. The van der Waals surface area contributed by atoms with Gasteiger partial charge in [0.05, 0.1) is 6.61 Å². The third-order valence-corrected chi connectivity index (χ3v) is 2.84. The quantitative estimate of drug-likeness (QED) is 0.755. The second-order valence-electron chi connectivity index (χ2n) is 4.15. The lowest BCUT2D eigenvalue weighted by atomic mass is 10.2. The molecule has 0 bridgehead atoms. The molecule has 0 spiro atoms. The van der Waals surface area contributed by atoms with Crippen LogP contribution >= 0.6 is 0 Å². The van der Waals surface area contributed by atoms with Gasteiger partial charge in [-0.15, -0.1) is 5.10 Å². The van der Waals surface area contributed by atoms with Crippen LogP contribution < -0.4 is 0 Å². The van der Waals surface area contributed by atoms with Crippen molar-refractivity contribution in [1.29, 1.82) is 0 Å². The Hall–Kier alpha value is -1.91. The molecule has 5 nitrogen and oxygen atoms in total. The summed E-state index contributed by atoms with van der Waals surface area (Å²) in [6.07, 6.45) is 2.38. The minimum atomic E-state index is -0.460. The van der Waals surface area contributed by atoms with Crippen LogP contribution in [0.2, 0.25) is 0 Å². The number of carbonyl (C=O) groups is 1. The first-order chi connectivity index (χ1) is 8.29. The monoisotopic (exact) mass is 231 g/mol. The fourth-order valence-electron chi connectivity index (χ4n) is 1.90. The smallest absolute Gasteiger partial charge is 0.378 e. The largest absolute Gasteiger partial charge is 0.460 e. The van der Waals surface area contributed by atoms with Gasteiger partial charge in [0.1, 0.15) is 0 Å². The van der Waals surface area contributed by atoms with E-state index in [0.29, 0.717) is 18.2 Å². The van der Waals surface area contributed by atoms with E-state index in [1.807, 2.05) is 18.2 Å². The average molecular weight is 231 g/mol. The summed E-state index contributed by atoms with van der Waals surface area (Å²) in [7, 11) is 0. The van der Waals surface area contributed by atoms with Crippen molar-refractivity contribution >= 4 is 11.6 Å². The molecule has 0 aliphatic heterocycles. The lowest BCUT2D eigenvalue weighted by molar-refractivity contribution is 0.0512. The van der Waals surface area contributed by atoms with Gasteiger partial charge in [0.15, 0.2) is 5.65 Å². The molecule has 3 rings (SSSR count). The van der Waals surface area contributed by atoms with Crippen LogP contribution in [0.1, 0.15) is 42.0 Å². The highest BCUT2D eigenvalue weighted by atomic mass is 16.5. The minimum absolute atomic E-state index is 0.139. The lowest BCUT2D eigenvalue weighted by Crippen LogP contribution is -2.07. The average Bonchev–Trinajstić information content (AvgIpc) is 3.07. The molecule has 2 aromatic rings. The third-order valence-electron chi connectivity index (χ3n) is 2.84. The molecule has 1 fully saturated rings. The van der Waals surface area contributed by atoms with E-state index in [9.17, 15) is 4.79 Å². The summed E-state index contributed by atoms with van der Waals surface area (Å²) in [5.74, 6) is 0.244. The molecule has 0 atom stereocenters. The van der Waals surface area contributed by atoms with Gasteiger partial charge in [-0.05, 0) is 31.9 Å². The predicted octanol–water partition coefficient (Wildman–Crippen LogP) is 1.78. The van der Waals surface area contributed by atoms with Gasteiger partial charge >= 0.3 is 5.97 Å². The van der Waals surface area contributed by atoms with Crippen molar-refractivity contribution in [2.75, 3.05) is 6.61 Å². The molecule has 17 heavy (non-hydrogen) atoms. The van der Waals surface area contributed by atoms with Gasteiger partial charge in [-0.3, -0.25) is 0 Å². The Balaban J connectivity index is 2.05. The van der Waals surface area contributed by atoms with E-state index in [-0.39, 0.29) is 5.82 Å². The fraction of sp³-hybridized carbons (Fsp3) is 0.417. The van der Waals surface area contributed by atoms with Gasteiger partial charge in [0.2, 0.25) is 0 Å². The first kappa shape index (κ1) is 10.3. The molecule has 1 aliphatic carbocycles. The van der Waals surface area contributed by atoms with Crippen LogP contribution in [0.3, 0.4) is 0 Å². The molecule has 1 saturated carbocycles. The number of pyridine rings is 1. The number of carbonyl (C=O) groups excluding carboxylic acids is 1. The second-order valence-corrected chi connectivity index (χ2v) is 4.15. The summed E-state index contributed by atoms with van der Waals surface area (Å²) in [5.41, 5.74) is 1.84. The highest BCUT2D eigenvalue weighted by molar-refractivity contribution is 5.85. The minimum Gasteiger partial charge on any atom is -0.460 e. The first-order valence-corrected chi connectivity index (χ1v) is 5.82. The molecule has 1 aliphatic rings. The summed E-state index contributed by atoms with van der Waals surface area (Å²) in [5, 5.41) is 4.22. The maximum Gasteiger partial charge on any atom is 0.378 e. The van der Waals surface area contributed by atoms with Crippen LogP contribution in [0.25, 0.3) is 5.65 Å². The highest BCUT2D eigenvalue weighted by Gasteiger charge is 2.27. The van der Waals surface area contributed by atoms with E-state index in [1.165, 1.54) is 12.8 Å². The van der Waals surface area contributed by atoms with Gasteiger partial charge in [0.25, 0.3) is 5.82 Å². The van der Waals surface area contributed by atoms with Crippen LogP contribution in [0.4, 0.5) is 0 Å². The molecule has 0 unspecified atom stereocenters. The maximum absolute atomic E-state index is 11.6. The Labute approximate surface area is 98.4 Å². The molecule has 88 valence electrons. The van der Waals surface area contributed by atoms with Crippen LogP contribution in [0, 0.1) is 0 Å². The third kappa shape index (κ3) is 1.77. The number of nitrogens with zero attached hydrogens (tertiary/aromatic N) is 3. The first-order valence-electron chi connectivity index (χ1n) is 5.82. The van der Waals surface area contributed by atoms with Crippen LogP contribution in [0.5, 0.6) is 0 Å². The molecule has 0 saturated heterocycles. The summed E-state index contributed by atoms with van der Waals surface area (Å²) in [6.45, 7) is 2.10. The van der Waals surface area contributed by atoms with E-state index in [1.54, 1.807) is 11.4 Å². The van der Waals surface area contributed by atoms with Crippen molar-refractivity contribution < 1.29 is 9.53 Å². The van der Waals surface area contributed by atoms with Crippen LogP contribution in [-0.4, -0.2) is 27.2 Å². The Morgan fingerprint density at radius 2 is 2.35 bits per heavy atom. The van der Waals surface area contributed by atoms with Crippen LogP contribution in [-0.2, 0) is 4.74 Å².